The minimum absolute atomic E-state index is 0.217. The van der Waals surface area contributed by atoms with Crippen molar-refractivity contribution in [1.29, 1.82) is 0 Å². The molecule has 4 aromatic rings. The number of hydrogen-bond donors (Lipinski definition) is 1. The maximum atomic E-state index is 12.4. The minimum atomic E-state index is -0.321. The number of ether oxygens (including phenoxy) is 1. The molecule has 3 aromatic carbocycles. The van der Waals surface area contributed by atoms with Gasteiger partial charge >= 0.3 is 0 Å². The van der Waals surface area contributed by atoms with Crippen molar-refractivity contribution in [2.24, 2.45) is 0 Å². The van der Waals surface area contributed by atoms with Crippen LogP contribution in [0.5, 0.6) is 5.75 Å². The van der Waals surface area contributed by atoms with Gasteiger partial charge in [0.25, 0.3) is 5.91 Å². The van der Waals surface area contributed by atoms with Crippen LogP contribution in [-0.2, 0) is 11.3 Å². The molecular weight excluding hydrogens is 469 g/mol. The largest absolute Gasteiger partial charge is 0.481 e. The summed E-state index contributed by atoms with van der Waals surface area (Å²) in [5, 5.41) is 8.48. The van der Waals surface area contributed by atoms with E-state index in [1.165, 1.54) is 12.1 Å². The van der Waals surface area contributed by atoms with Crippen molar-refractivity contribution in [3.8, 4) is 22.7 Å². The molecule has 0 unspecified atom stereocenters. The summed E-state index contributed by atoms with van der Waals surface area (Å²) in [6.07, 6.45) is 1.91. The number of para-hydroxylation sites is 1. The molecule has 0 saturated heterocycles. The topological polar surface area (TPSA) is 56.1 Å². The molecule has 0 spiro atoms. The van der Waals surface area contributed by atoms with Crippen LogP contribution in [0.15, 0.2) is 79.0 Å². The van der Waals surface area contributed by atoms with Crippen LogP contribution >= 0.6 is 34.8 Å². The van der Waals surface area contributed by atoms with Gasteiger partial charge < -0.3 is 10.1 Å². The second-order valence-corrected chi connectivity index (χ2v) is 8.16. The maximum Gasteiger partial charge on any atom is 0.258 e. The number of benzene rings is 3. The van der Waals surface area contributed by atoms with E-state index in [-0.39, 0.29) is 34.9 Å². The molecule has 0 radical (unpaired) electrons. The Morgan fingerprint density at radius 1 is 0.938 bits per heavy atom. The van der Waals surface area contributed by atoms with Crippen LogP contribution in [0.1, 0.15) is 5.56 Å². The highest BCUT2D eigenvalue weighted by atomic mass is 35.5. The Morgan fingerprint density at radius 2 is 1.56 bits per heavy atom. The zero-order chi connectivity index (χ0) is 22.5. The molecule has 5 nitrogen and oxygen atoms in total. The molecule has 0 saturated carbocycles. The summed E-state index contributed by atoms with van der Waals surface area (Å²) < 4.78 is 7.31. The van der Waals surface area contributed by atoms with Gasteiger partial charge in [-0.15, -0.1) is 0 Å². The van der Waals surface area contributed by atoms with Crippen LogP contribution in [0.2, 0.25) is 15.1 Å². The molecule has 1 heterocycles. The summed E-state index contributed by atoms with van der Waals surface area (Å²) in [4.78, 5) is 12.4. The highest BCUT2D eigenvalue weighted by Crippen LogP contribution is 2.35. The fourth-order valence-electron chi connectivity index (χ4n) is 3.14. The molecule has 0 aliphatic heterocycles. The Kier molecular flexibility index (Phi) is 7.00. The van der Waals surface area contributed by atoms with E-state index in [9.17, 15) is 4.79 Å². The van der Waals surface area contributed by atoms with Crippen molar-refractivity contribution in [3.63, 3.8) is 0 Å². The first-order valence-corrected chi connectivity index (χ1v) is 10.9. The monoisotopic (exact) mass is 485 g/mol. The third-order valence-electron chi connectivity index (χ3n) is 4.64. The molecule has 1 aromatic heterocycles. The van der Waals surface area contributed by atoms with Crippen molar-refractivity contribution < 1.29 is 9.53 Å². The predicted molar refractivity (Wildman–Crippen MR) is 128 cm³/mol. The Morgan fingerprint density at radius 3 is 2.22 bits per heavy atom. The molecule has 1 amide bonds. The van der Waals surface area contributed by atoms with Crippen molar-refractivity contribution in [2.75, 3.05) is 6.61 Å². The average molecular weight is 487 g/mol. The Balaban J connectivity index is 1.49. The lowest BCUT2D eigenvalue weighted by molar-refractivity contribution is -0.123. The molecule has 0 atom stereocenters. The molecule has 0 bridgehead atoms. The number of amides is 1. The van der Waals surface area contributed by atoms with E-state index in [0.29, 0.717) is 5.02 Å². The van der Waals surface area contributed by atoms with Crippen LogP contribution in [0.4, 0.5) is 0 Å². The van der Waals surface area contributed by atoms with Crippen LogP contribution in [0.25, 0.3) is 16.9 Å². The van der Waals surface area contributed by atoms with E-state index in [4.69, 9.17) is 44.6 Å². The van der Waals surface area contributed by atoms with Gasteiger partial charge in [-0.1, -0.05) is 83.3 Å². The van der Waals surface area contributed by atoms with Crippen molar-refractivity contribution in [3.05, 3.63) is 99.6 Å². The van der Waals surface area contributed by atoms with E-state index < -0.39 is 0 Å². The number of halogens is 3. The van der Waals surface area contributed by atoms with Crippen LogP contribution in [0, 0.1) is 0 Å². The molecule has 1 N–H and O–H groups in total. The van der Waals surface area contributed by atoms with Gasteiger partial charge in [0, 0.05) is 28.9 Å². The average Bonchev–Trinajstić information content (AvgIpc) is 3.22. The molecule has 32 heavy (non-hydrogen) atoms. The summed E-state index contributed by atoms with van der Waals surface area (Å²) in [6.45, 7) is 0.0376. The number of carbonyl (C=O) groups is 1. The predicted octanol–water partition coefficient (Wildman–Crippen LogP) is 6.19. The summed E-state index contributed by atoms with van der Waals surface area (Å²) in [5.41, 5.74) is 3.55. The van der Waals surface area contributed by atoms with Gasteiger partial charge in [0.1, 0.15) is 0 Å². The zero-order valence-electron chi connectivity index (χ0n) is 16.8. The second kappa shape index (κ2) is 10.1. The van der Waals surface area contributed by atoms with Gasteiger partial charge in [-0.3, -0.25) is 4.79 Å². The number of carbonyl (C=O) groups excluding carboxylic acids is 1. The molecule has 0 aliphatic carbocycles. The lowest BCUT2D eigenvalue weighted by Crippen LogP contribution is -2.28. The van der Waals surface area contributed by atoms with Gasteiger partial charge in [-0.25, -0.2) is 4.68 Å². The molecular formula is C24H18Cl3N3O2. The Bertz CT molecular complexity index is 1200. The van der Waals surface area contributed by atoms with E-state index in [1.807, 2.05) is 66.9 Å². The molecule has 4 rings (SSSR count). The lowest BCUT2D eigenvalue weighted by Gasteiger charge is -2.10. The van der Waals surface area contributed by atoms with E-state index in [2.05, 4.69) is 5.32 Å². The maximum absolute atomic E-state index is 12.4. The normalized spacial score (nSPS) is 10.7. The standard InChI is InChI=1S/C24H18Cl3N3O2/c25-18-11-20(26)24(21(27)12-18)32-15-22(31)28-13-17-14-30(19-9-5-2-6-10-19)29-23(17)16-7-3-1-4-8-16/h1-12,14H,13,15H2,(H,28,31). The fourth-order valence-corrected chi connectivity index (χ4v) is 4.07. The first-order chi connectivity index (χ1) is 15.5. The number of nitrogens with one attached hydrogen (secondary N) is 1. The Hall–Kier alpha value is -2.99. The third-order valence-corrected chi connectivity index (χ3v) is 5.42. The van der Waals surface area contributed by atoms with E-state index in [1.54, 1.807) is 4.68 Å². The number of hydrogen-bond acceptors (Lipinski definition) is 3. The quantitative estimate of drug-likeness (QED) is 0.339. The van der Waals surface area contributed by atoms with Gasteiger partial charge in [0.05, 0.1) is 21.4 Å². The van der Waals surface area contributed by atoms with E-state index in [0.717, 1.165) is 22.5 Å². The second-order valence-electron chi connectivity index (χ2n) is 6.91. The summed E-state index contributed by atoms with van der Waals surface area (Å²) >= 11 is 18.1. The van der Waals surface area contributed by atoms with Gasteiger partial charge in [-0.2, -0.15) is 5.10 Å². The van der Waals surface area contributed by atoms with Gasteiger partial charge in [-0.05, 0) is 24.3 Å². The van der Waals surface area contributed by atoms with Crippen molar-refractivity contribution in [1.82, 2.24) is 15.1 Å². The molecule has 0 aliphatic rings. The fraction of sp³-hybridized carbons (Fsp3) is 0.0833. The summed E-state index contributed by atoms with van der Waals surface area (Å²) in [6, 6.07) is 22.6. The van der Waals surface area contributed by atoms with E-state index >= 15 is 0 Å². The zero-order valence-corrected chi connectivity index (χ0v) is 19.0. The van der Waals surface area contributed by atoms with Crippen LogP contribution in [0.3, 0.4) is 0 Å². The number of nitrogens with zero attached hydrogens (tertiary/aromatic N) is 2. The SMILES string of the molecule is O=C(COc1c(Cl)cc(Cl)cc1Cl)NCc1cn(-c2ccccc2)nc1-c1ccccc1. The van der Waals surface area contributed by atoms with Crippen LogP contribution < -0.4 is 10.1 Å². The first-order valence-electron chi connectivity index (χ1n) is 9.74. The Labute approximate surface area is 200 Å². The van der Waals surface area contributed by atoms with Crippen molar-refractivity contribution >= 4 is 40.7 Å². The van der Waals surface area contributed by atoms with Gasteiger partial charge in [0.15, 0.2) is 12.4 Å². The smallest absolute Gasteiger partial charge is 0.258 e. The molecule has 162 valence electrons. The third kappa shape index (κ3) is 5.25. The summed E-state index contributed by atoms with van der Waals surface area (Å²) in [7, 11) is 0. The summed E-state index contributed by atoms with van der Waals surface area (Å²) in [5.74, 6) is -0.103. The number of aromatic nitrogens is 2. The lowest BCUT2D eigenvalue weighted by atomic mass is 10.1. The number of rotatable bonds is 7. The molecule has 8 heteroatoms. The van der Waals surface area contributed by atoms with Gasteiger partial charge in [0.2, 0.25) is 0 Å². The first kappa shape index (κ1) is 22.2. The molecule has 0 fully saturated rings. The highest BCUT2D eigenvalue weighted by molar-refractivity contribution is 6.40. The minimum Gasteiger partial charge on any atom is -0.481 e. The van der Waals surface area contributed by atoms with Crippen LogP contribution in [-0.4, -0.2) is 22.3 Å². The van der Waals surface area contributed by atoms with Crippen molar-refractivity contribution in [2.45, 2.75) is 6.54 Å². The highest BCUT2D eigenvalue weighted by Gasteiger charge is 2.15.